The number of carboxylic acid groups (broad SMARTS) is 1. The van der Waals surface area contributed by atoms with E-state index in [1.165, 1.54) is 0 Å². The summed E-state index contributed by atoms with van der Waals surface area (Å²) in [7, 11) is 0. The summed E-state index contributed by atoms with van der Waals surface area (Å²) in [6.07, 6.45) is 1.34. The molecular weight excluding hydrogens is 254 g/mol. The minimum atomic E-state index is -1.04. The molecule has 20 heavy (non-hydrogen) atoms. The van der Waals surface area contributed by atoms with Crippen LogP contribution in [0.1, 0.15) is 28.7 Å². The minimum absolute atomic E-state index is 0.0298. The first-order valence-electron chi connectivity index (χ1n) is 6.42. The van der Waals surface area contributed by atoms with E-state index in [1.54, 1.807) is 4.68 Å². The fourth-order valence-electron chi connectivity index (χ4n) is 2.04. The number of benzene rings is 1. The minimum Gasteiger partial charge on any atom is -0.476 e. The van der Waals surface area contributed by atoms with Crippen molar-refractivity contribution in [2.24, 2.45) is 0 Å². The van der Waals surface area contributed by atoms with Crippen LogP contribution in [0.5, 0.6) is 0 Å². The van der Waals surface area contributed by atoms with Gasteiger partial charge in [0.2, 0.25) is 0 Å². The number of aromatic carboxylic acids is 1. The molecule has 0 saturated carbocycles. The number of aryl methyl sites for hydroxylation is 1. The van der Waals surface area contributed by atoms with Crippen LogP contribution in [0.25, 0.3) is 0 Å². The smallest absolute Gasteiger partial charge is 0.358 e. The Morgan fingerprint density at radius 3 is 2.60 bits per heavy atom. The maximum Gasteiger partial charge on any atom is 0.358 e. The number of hydrogen-bond acceptors (Lipinski definition) is 3. The Labute approximate surface area is 117 Å². The monoisotopic (exact) mass is 271 g/mol. The molecule has 2 rings (SSSR count). The topological polar surface area (TPSA) is 68.0 Å². The molecule has 0 bridgehead atoms. The number of rotatable bonds is 6. The first-order valence-corrected chi connectivity index (χ1v) is 6.42. The predicted octanol–water partition coefficient (Wildman–Crippen LogP) is 2.34. The van der Waals surface area contributed by atoms with Crippen LogP contribution in [0.4, 0.5) is 0 Å². The lowest BCUT2D eigenvalue weighted by Crippen LogP contribution is -2.10. The van der Waals surface area contributed by atoms with E-state index >= 15 is 0 Å². The first kappa shape index (κ1) is 14.0. The van der Waals surface area contributed by atoms with Crippen molar-refractivity contribution >= 4 is 5.97 Å². The molecule has 1 aromatic carbocycles. The largest absolute Gasteiger partial charge is 0.476 e. The number of nitrogens with zero attached hydrogens (tertiary/aromatic N) is 3. The van der Waals surface area contributed by atoms with Gasteiger partial charge in [0, 0.05) is 0 Å². The zero-order chi connectivity index (χ0) is 14.5. The summed E-state index contributed by atoms with van der Waals surface area (Å²) in [6, 6.07) is 9.94. The highest BCUT2D eigenvalue weighted by molar-refractivity contribution is 5.86. The normalized spacial score (nSPS) is 10.4. The highest BCUT2D eigenvalue weighted by Gasteiger charge is 2.18. The standard InChI is InChI=1S/C15H17N3O2/c1-11(2)10-18-13(14(15(19)20)16-17-18)9-8-12-6-4-3-5-7-12/h3-7H,1,8-10H2,2H3,(H,19,20). The van der Waals surface area contributed by atoms with Crippen LogP contribution >= 0.6 is 0 Å². The van der Waals surface area contributed by atoms with Crippen molar-refractivity contribution in [1.82, 2.24) is 15.0 Å². The van der Waals surface area contributed by atoms with Crippen LogP contribution in [-0.4, -0.2) is 26.1 Å². The zero-order valence-corrected chi connectivity index (χ0v) is 11.4. The lowest BCUT2D eigenvalue weighted by Gasteiger charge is -2.07. The summed E-state index contributed by atoms with van der Waals surface area (Å²) >= 11 is 0. The lowest BCUT2D eigenvalue weighted by atomic mass is 10.1. The fraction of sp³-hybridized carbons (Fsp3) is 0.267. The van der Waals surface area contributed by atoms with E-state index in [4.69, 9.17) is 0 Å². The van der Waals surface area contributed by atoms with E-state index < -0.39 is 5.97 Å². The summed E-state index contributed by atoms with van der Waals surface area (Å²) in [6.45, 7) is 6.20. The van der Waals surface area contributed by atoms with Gasteiger partial charge in [-0.15, -0.1) is 5.10 Å². The average Bonchev–Trinajstić information content (AvgIpc) is 2.80. The van der Waals surface area contributed by atoms with Gasteiger partial charge in [-0.1, -0.05) is 47.7 Å². The molecule has 0 aliphatic heterocycles. The molecule has 0 atom stereocenters. The maximum atomic E-state index is 11.2. The quantitative estimate of drug-likeness (QED) is 0.819. The van der Waals surface area contributed by atoms with Crippen LogP contribution in [0.15, 0.2) is 42.5 Å². The molecule has 0 fully saturated rings. The molecule has 1 aromatic heterocycles. The summed E-state index contributed by atoms with van der Waals surface area (Å²) < 4.78 is 1.62. The highest BCUT2D eigenvalue weighted by atomic mass is 16.4. The average molecular weight is 271 g/mol. The summed E-state index contributed by atoms with van der Waals surface area (Å²) in [5.74, 6) is -1.04. The Kier molecular flexibility index (Phi) is 4.30. The third-order valence-electron chi connectivity index (χ3n) is 2.95. The van der Waals surface area contributed by atoms with Crippen LogP contribution < -0.4 is 0 Å². The van der Waals surface area contributed by atoms with Crippen molar-refractivity contribution < 1.29 is 9.90 Å². The molecule has 0 aliphatic carbocycles. The number of carboxylic acids is 1. The second kappa shape index (κ2) is 6.14. The summed E-state index contributed by atoms with van der Waals surface area (Å²) in [4.78, 5) is 11.2. The third-order valence-corrected chi connectivity index (χ3v) is 2.95. The molecule has 0 unspecified atom stereocenters. The van der Waals surface area contributed by atoms with E-state index in [0.717, 1.165) is 17.6 Å². The number of aromatic nitrogens is 3. The molecule has 0 saturated heterocycles. The van der Waals surface area contributed by atoms with Crippen molar-refractivity contribution in [3.8, 4) is 0 Å². The van der Waals surface area contributed by atoms with Crippen LogP contribution in [-0.2, 0) is 19.4 Å². The van der Waals surface area contributed by atoms with Gasteiger partial charge < -0.3 is 5.11 Å². The zero-order valence-electron chi connectivity index (χ0n) is 11.4. The van der Waals surface area contributed by atoms with Gasteiger partial charge in [0.05, 0.1) is 12.2 Å². The van der Waals surface area contributed by atoms with E-state index in [2.05, 4.69) is 16.9 Å². The van der Waals surface area contributed by atoms with E-state index in [9.17, 15) is 9.90 Å². The number of allylic oxidation sites excluding steroid dienone is 1. The molecule has 0 radical (unpaired) electrons. The first-order chi connectivity index (χ1) is 9.58. The van der Waals surface area contributed by atoms with Gasteiger partial charge in [0.25, 0.3) is 0 Å². The molecule has 5 nitrogen and oxygen atoms in total. The second-order valence-electron chi connectivity index (χ2n) is 4.79. The van der Waals surface area contributed by atoms with E-state index in [-0.39, 0.29) is 5.69 Å². The Bertz CT molecular complexity index is 617. The molecular formula is C15H17N3O2. The van der Waals surface area contributed by atoms with E-state index in [1.807, 2.05) is 37.3 Å². The summed E-state index contributed by atoms with van der Waals surface area (Å²) in [5.41, 5.74) is 2.74. The van der Waals surface area contributed by atoms with Crippen molar-refractivity contribution in [3.63, 3.8) is 0 Å². The molecule has 1 N–H and O–H groups in total. The molecule has 104 valence electrons. The molecule has 1 heterocycles. The fourth-order valence-corrected chi connectivity index (χ4v) is 2.04. The van der Waals surface area contributed by atoms with Crippen molar-refractivity contribution in [2.45, 2.75) is 26.3 Å². The number of hydrogen-bond donors (Lipinski definition) is 1. The predicted molar refractivity (Wildman–Crippen MR) is 75.6 cm³/mol. The van der Waals surface area contributed by atoms with Gasteiger partial charge in [-0.3, -0.25) is 0 Å². The van der Waals surface area contributed by atoms with Gasteiger partial charge in [-0.25, -0.2) is 9.48 Å². The Morgan fingerprint density at radius 1 is 1.30 bits per heavy atom. The van der Waals surface area contributed by atoms with Gasteiger partial charge in [0.1, 0.15) is 0 Å². The van der Waals surface area contributed by atoms with Crippen LogP contribution in [0.3, 0.4) is 0 Å². The van der Waals surface area contributed by atoms with Gasteiger partial charge in [-0.2, -0.15) is 0 Å². The Morgan fingerprint density at radius 2 is 2.00 bits per heavy atom. The van der Waals surface area contributed by atoms with Crippen LogP contribution in [0, 0.1) is 0 Å². The number of carbonyl (C=O) groups is 1. The molecule has 2 aromatic rings. The molecule has 5 heteroatoms. The summed E-state index contributed by atoms with van der Waals surface area (Å²) in [5, 5.41) is 16.8. The Hall–Kier alpha value is -2.43. The maximum absolute atomic E-state index is 11.2. The van der Waals surface area contributed by atoms with E-state index in [0.29, 0.717) is 18.7 Å². The molecule has 0 amide bonds. The van der Waals surface area contributed by atoms with Gasteiger partial charge in [0.15, 0.2) is 5.69 Å². The third kappa shape index (κ3) is 3.32. The van der Waals surface area contributed by atoms with Crippen LogP contribution in [0.2, 0.25) is 0 Å². The SMILES string of the molecule is C=C(C)Cn1nnc(C(=O)O)c1CCc1ccccc1. The molecule has 0 spiro atoms. The van der Waals surface area contributed by atoms with Crippen molar-refractivity contribution in [3.05, 3.63) is 59.4 Å². The molecule has 0 aliphatic rings. The van der Waals surface area contributed by atoms with Gasteiger partial charge >= 0.3 is 5.97 Å². The van der Waals surface area contributed by atoms with Crippen molar-refractivity contribution in [1.29, 1.82) is 0 Å². The highest BCUT2D eigenvalue weighted by Crippen LogP contribution is 2.12. The lowest BCUT2D eigenvalue weighted by molar-refractivity contribution is 0.0689. The van der Waals surface area contributed by atoms with Gasteiger partial charge in [-0.05, 0) is 25.3 Å². The Balaban J connectivity index is 2.21. The van der Waals surface area contributed by atoms with Crippen molar-refractivity contribution in [2.75, 3.05) is 0 Å². The second-order valence-corrected chi connectivity index (χ2v) is 4.79.